The molecule has 6 aliphatic rings. The Morgan fingerprint density at radius 3 is 2.25 bits per heavy atom. The lowest BCUT2D eigenvalue weighted by Crippen LogP contribution is -2.59. The van der Waals surface area contributed by atoms with E-state index in [1.807, 2.05) is 6.07 Å². The van der Waals surface area contributed by atoms with Crippen LogP contribution in [0.1, 0.15) is 121 Å². The summed E-state index contributed by atoms with van der Waals surface area (Å²) in [6, 6.07) is 8.66. The number of unbranched alkanes of at least 4 members (excludes halogenated alkanes) is 2. The molecule has 1 heterocycles. The molecule has 3 aromatic carbocycles. The van der Waals surface area contributed by atoms with Gasteiger partial charge in [0.1, 0.15) is 12.2 Å². The average molecular weight is 807 g/mol. The summed E-state index contributed by atoms with van der Waals surface area (Å²) in [4.78, 5) is 28.6. The van der Waals surface area contributed by atoms with Crippen molar-refractivity contribution in [2.75, 3.05) is 19.6 Å². The van der Waals surface area contributed by atoms with Crippen LogP contribution in [0.25, 0.3) is 21.5 Å². The molecular weight excluding hydrogens is 754 g/mol. The highest BCUT2D eigenvalue weighted by Gasteiger charge is 2.67. The number of halogens is 5. The van der Waals surface area contributed by atoms with Gasteiger partial charge in [-0.25, -0.2) is 4.79 Å². The van der Waals surface area contributed by atoms with Gasteiger partial charge in [0.15, 0.2) is 0 Å². The number of rotatable bonds is 12. The van der Waals surface area contributed by atoms with Crippen LogP contribution in [0.4, 0.5) is 18.0 Å². The van der Waals surface area contributed by atoms with Gasteiger partial charge in [0.25, 0.3) is 0 Å². The highest BCUT2D eigenvalue weighted by Crippen LogP contribution is 2.64. The van der Waals surface area contributed by atoms with Gasteiger partial charge in [-0.3, -0.25) is 0 Å². The lowest BCUT2D eigenvalue weighted by molar-refractivity contribution is -0.390. The minimum absolute atomic E-state index is 0.292. The maximum absolute atomic E-state index is 14.1. The second-order valence-corrected chi connectivity index (χ2v) is 17.8. The molecule has 300 valence electrons. The third-order valence-electron chi connectivity index (χ3n) is 13.1. The molecule has 7 nitrogen and oxygen atoms in total. The van der Waals surface area contributed by atoms with Crippen molar-refractivity contribution < 1.29 is 42.0 Å². The zero-order valence-corrected chi connectivity index (χ0v) is 33.2. The van der Waals surface area contributed by atoms with E-state index in [2.05, 4.69) is 18.7 Å². The fourth-order valence-corrected chi connectivity index (χ4v) is 11.2. The van der Waals surface area contributed by atoms with Crippen LogP contribution in [-0.4, -0.2) is 48.4 Å². The lowest BCUT2D eigenvalue weighted by atomic mass is 9.53. The van der Waals surface area contributed by atoms with E-state index in [0.29, 0.717) is 81.2 Å². The van der Waals surface area contributed by atoms with E-state index in [1.165, 1.54) is 12.5 Å². The molecule has 5 aliphatic carbocycles. The molecule has 0 aromatic heterocycles. The van der Waals surface area contributed by atoms with Gasteiger partial charge in [-0.2, -0.15) is 22.9 Å². The molecule has 4 bridgehead atoms. The molecule has 12 heteroatoms. The Morgan fingerprint density at radius 2 is 1.58 bits per heavy atom. The van der Waals surface area contributed by atoms with E-state index in [0.717, 1.165) is 94.8 Å². The summed E-state index contributed by atoms with van der Waals surface area (Å²) in [6.07, 6.45) is 5.81. The van der Waals surface area contributed by atoms with Crippen LogP contribution in [0.3, 0.4) is 0 Å². The first kappa shape index (κ1) is 39.5. The molecule has 6 fully saturated rings. The van der Waals surface area contributed by atoms with Gasteiger partial charge in [0, 0.05) is 58.6 Å². The number of hydrogen-bond donors (Lipinski definition) is 0. The summed E-state index contributed by atoms with van der Waals surface area (Å²) >= 11 is 13.1. The maximum Gasteiger partial charge on any atom is 0.509 e. The molecule has 1 unspecified atom stereocenters. The van der Waals surface area contributed by atoms with Crippen LogP contribution in [0.15, 0.2) is 36.4 Å². The van der Waals surface area contributed by atoms with Crippen molar-refractivity contribution in [2.24, 2.45) is 23.7 Å². The second kappa shape index (κ2) is 15.8. The predicted molar refractivity (Wildman–Crippen MR) is 206 cm³/mol. The standard InChI is InChI=1S/C43H52Cl2F3NO6/c1-3-5-13-49(14-6-4-2)15-11-39(37-24-36-35(22-31(44)23-38(36)45)34-21-28(43(46,47)48)9-10-33(34)37)52-40(50)51-32-8-7-12-41(25-32)53-42(55-54-41)29-17-26-16-27(19-29)20-30(42)18-26/h9-10,21-24,26-27,29-30,32,39H,3-8,11-20,25H2,1-2H3/t26?,27?,29?,30?,32-,39?,41-,42?/m1/s1. The molecule has 2 spiro atoms. The molecule has 3 aromatic rings. The van der Waals surface area contributed by atoms with Crippen molar-refractivity contribution in [3.05, 3.63) is 57.6 Å². The molecule has 0 amide bonds. The monoisotopic (exact) mass is 805 g/mol. The second-order valence-electron chi connectivity index (χ2n) is 16.9. The summed E-state index contributed by atoms with van der Waals surface area (Å²) in [6.45, 7) is 6.70. The van der Waals surface area contributed by atoms with Gasteiger partial charge in [0.05, 0.1) is 5.56 Å². The number of alkyl halides is 3. The van der Waals surface area contributed by atoms with Crippen LogP contribution in [0, 0.1) is 23.7 Å². The Kier molecular flexibility index (Phi) is 11.3. The summed E-state index contributed by atoms with van der Waals surface area (Å²) in [5.41, 5.74) is -0.234. The molecule has 0 radical (unpaired) electrons. The summed E-state index contributed by atoms with van der Waals surface area (Å²) in [5.74, 6) is 0.410. The SMILES string of the molecule is CCCCN(CCCC)CCC(OC(=O)O[C@@H]1CCC[C@]2(C1)OOC1(O2)C2CC3CC(C2)CC1C3)c1cc2c(Cl)cc(Cl)cc2c2cc(C(F)(F)F)ccc12. The number of carbonyl (C=O) groups is 1. The zero-order valence-electron chi connectivity index (χ0n) is 31.7. The number of fused-ring (bicyclic) bond motifs is 3. The average Bonchev–Trinajstić information content (AvgIpc) is 3.50. The molecule has 3 atom stereocenters. The minimum atomic E-state index is -4.57. The van der Waals surface area contributed by atoms with E-state index in [4.69, 9.17) is 47.2 Å². The quantitative estimate of drug-likeness (QED) is 0.103. The highest BCUT2D eigenvalue weighted by atomic mass is 35.5. The predicted octanol–water partition coefficient (Wildman–Crippen LogP) is 12.6. The van der Waals surface area contributed by atoms with Crippen molar-refractivity contribution >= 4 is 50.9 Å². The normalized spacial score (nSPS) is 30.7. The maximum atomic E-state index is 14.1. The van der Waals surface area contributed by atoms with Gasteiger partial charge >= 0.3 is 12.3 Å². The largest absolute Gasteiger partial charge is 0.509 e. The van der Waals surface area contributed by atoms with Crippen LogP contribution in [0.5, 0.6) is 0 Å². The zero-order chi connectivity index (χ0) is 38.5. The molecule has 9 rings (SSSR count). The van der Waals surface area contributed by atoms with Gasteiger partial charge in [-0.1, -0.05) is 56.0 Å². The van der Waals surface area contributed by atoms with Crippen molar-refractivity contribution in [1.29, 1.82) is 0 Å². The summed E-state index contributed by atoms with van der Waals surface area (Å²) in [7, 11) is 0. The van der Waals surface area contributed by atoms with E-state index in [9.17, 15) is 18.0 Å². The molecule has 55 heavy (non-hydrogen) atoms. The number of ether oxygens (including phenoxy) is 3. The first-order valence-electron chi connectivity index (χ1n) is 20.5. The van der Waals surface area contributed by atoms with Gasteiger partial charge < -0.3 is 19.1 Å². The molecule has 1 saturated heterocycles. The van der Waals surface area contributed by atoms with Gasteiger partial charge in [0.2, 0.25) is 11.6 Å². The molecule has 0 N–H and O–H groups in total. The first-order valence-corrected chi connectivity index (χ1v) is 21.2. The molecular formula is C43H52Cl2F3NO6. The van der Waals surface area contributed by atoms with Gasteiger partial charge in [-0.05, 0) is 129 Å². The Labute approximate surface area is 331 Å². The van der Waals surface area contributed by atoms with Crippen molar-refractivity contribution in [2.45, 2.75) is 134 Å². The van der Waals surface area contributed by atoms with Gasteiger partial charge in [-0.15, -0.1) is 0 Å². The highest BCUT2D eigenvalue weighted by molar-refractivity contribution is 6.39. The molecule has 5 saturated carbocycles. The summed E-state index contributed by atoms with van der Waals surface area (Å²) in [5, 5.41) is 2.45. The Hall–Kier alpha value is -2.34. The third kappa shape index (κ3) is 7.94. The van der Waals surface area contributed by atoms with Crippen LogP contribution >= 0.6 is 23.2 Å². The van der Waals surface area contributed by atoms with E-state index < -0.39 is 41.7 Å². The van der Waals surface area contributed by atoms with Crippen molar-refractivity contribution in [1.82, 2.24) is 4.90 Å². The van der Waals surface area contributed by atoms with Crippen LogP contribution in [0.2, 0.25) is 10.0 Å². The fourth-order valence-electron chi connectivity index (χ4n) is 10.6. The Morgan fingerprint density at radius 1 is 0.891 bits per heavy atom. The van der Waals surface area contributed by atoms with Crippen LogP contribution in [-0.2, 0) is 30.2 Å². The lowest BCUT2D eigenvalue weighted by Gasteiger charge is -2.57. The topological polar surface area (TPSA) is 66.5 Å². The smallest absolute Gasteiger partial charge is 0.431 e. The third-order valence-corrected chi connectivity index (χ3v) is 13.7. The first-order chi connectivity index (χ1) is 26.4. The van der Waals surface area contributed by atoms with Crippen molar-refractivity contribution in [3.8, 4) is 0 Å². The molecule has 1 aliphatic heterocycles. The number of hydrogen-bond acceptors (Lipinski definition) is 7. The minimum Gasteiger partial charge on any atom is -0.431 e. The van der Waals surface area contributed by atoms with Crippen molar-refractivity contribution in [3.63, 3.8) is 0 Å². The fraction of sp³-hybridized carbons (Fsp3) is 0.651. The van der Waals surface area contributed by atoms with E-state index in [-0.39, 0.29) is 0 Å². The number of benzene rings is 3. The van der Waals surface area contributed by atoms with E-state index >= 15 is 0 Å². The van der Waals surface area contributed by atoms with E-state index in [1.54, 1.807) is 12.1 Å². The Bertz CT molecular complexity index is 1850. The summed E-state index contributed by atoms with van der Waals surface area (Å²) < 4.78 is 61.4. The number of nitrogens with zero attached hydrogens (tertiary/aromatic N) is 1. The number of carbonyl (C=O) groups excluding carboxylic acids is 1. The van der Waals surface area contributed by atoms with Crippen LogP contribution < -0.4 is 0 Å². The Balaban J connectivity index is 1.07.